The third-order valence-electron chi connectivity index (χ3n) is 3.84. The van der Waals surface area contributed by atoms with Gasteiger partial charge in [0.25, 0.3) is 0 Å². The number of hydrogen-bond acceptors (Lipinski definition) is 5. The summed E-state index contributed by atoms with van der Waals surface area (Å²) in [6.45, 7) is -2.91. The Labute approximate surface area is 148 Å². The van der Waals surface area contributed by atoms with Gasteiger partial charge in [-0.1, -0.05) is 12.1 Å². The summed E-state index contributed by atoms with van der Waals surface area (Å²) >= 11 is 0. The molecule has 26 heavy (non-hydrogen) atoms. The predicted octanol–water partition coefficient (Wildman–Crippen LogP) is 3.96. The van der Waals surface area contributed by atoms with Crippen LogP contribution in [-0.4, -0.2) is 33.2 Å². The molecule has 0 saturated carbocycles. The molecule has 5 nitrogen and oxygen atoms in total. The molecule has 0 bridgehead atoms. The molecule has 7 heteroatoms. The van der Waals surface area contributed by atoms with Crippen molar-refractivity contribution in [3.63, 3.8) is 0 Å². The van der Waals surface area contributed by atoms with Crippen molar-refractivity contribution in [3.05, 3.63) is 53.1 Å². The van der Waals surface area contributed by atoms with Gasteiger partial charge in [0.15, 0.2) is 17.3 Å². The van der Waals surface area contributed by atoms with Gasteiger partial charge in [-0.05, 0) is 35.9 Å². The van der Waals surface area contributed by atoms with Gasteiger partial charge in [0.05, 0.1) is 19.8 Å². The lowest BCUT2D eigenvalue weighted by molar-refractivity contribution is -0.0526. The van der Waals surface area contributed by atoms with Crippen LogP contribution in [0.25, 0.3) is 6.08 Å². The number of para-hydroxylation sites is 1. The van der Waals surface area contributed by atoms with Crippen LogP contribution >= 0.6 is 0 Å². The molecule has 0 amide bonds. The van der Waals surface area contributed by atoms with Gasteiger partial charge in [-0.25, -0.2) is 0 Å². The Balaban J connectivity index is 2.00. The molecule has 2 aromatic rings. The number of alkyl halides is 2. The molecule has 0 radical (unpaired) electrons. The number of benzene rings is 2. The number of carbonyl (C=O) groups is 1. The third kappa shape index (κ3) is 3.46. The quantitative estimate of drug-likeness (QED) is 0.754. The molecule has 0 aliphatic carbocycles. The minimum atomic E-state index is -3.02. The molecule has 136 valence electrons. The number of ketones is 1. The molecule has 0 aromatic heterocycles. The fraction of sp³-hybridized carbons (Fsp3) is 0.211. The van der Waals surface area contributed by atoms with Crippen molar-refractivity contribution in [1.82, 2.24) is 0 Å². The molecular formula is C19H16F2O5. The molecule has 0 atom stereocenters. The first-order valence-corrected chi connectivity index (χ1v) is 7.71. The number of ether oxygens (including phenoxy) is 4. The van der Waals surface area contributed by atoms with Crippen molar-refractivity contribution in [2.75, 3.05) is 20.8 Å². The fourth-order valence-corrected chi connectivity index (χ4v) is 2.67. The molecule has 0 spiro atoms. The zero-order chi connectivity index (χ0) is 18.7. The van der Waals surface area contributed by atoms with Crippen LogP contribution in [-0.2, 0) is 0 Å². The Morgan fingerprint density at radius 1 is 1.12 bits per heavy atom. The SMILES string of the molecule is COc1cc(C=C2COc3ccccc3C2=O)cc(OC)c1OC(F)F. The Hall–Kier alpha value is -3.09. The van der Waals surface area contributed by atoms with E-state index >= 15 is 0 Å². The highest BCUT2D eigenvalue weighted by atomic mass is 19.3. The average molecular weight is 362 g/mol. The standard InChI is InChI=1S/C19H16F2O5/c1-23-15-8-11(9-16(24-2)18(15)26-19(20)21)7-12-10-25-14-6-4-3-5-13(14)17(12)22/h3-9,19H,10H2,1-2H3. The van der Waals surface area contributed by atoms with E-state index in [4.69, 9.17) is 14.2 Å². The summed E-state index contributed by atoms with van der Waals surface area (Å²) in [4.78, 5) is 12.6. The van der Waals surface area contributed by atoms with E-state index in [0.717, 1.165) is 0 Å². The summed E-state index contributed by atoms with van der Waals surface area (Å²) in [7, 11) is 2.66. The maximum absolute atomic E-state index is 12.6. The number of rotatable bonds is 5. The summed E-state index contributed by atoms with van der Waals surface area (Å²) in [5, 5.41) is 0. The lowest BCUT2D eigenvalue weighted by Crippen LogP contribution is -2.18. The lowest BCUT2D eigenvalue weighted by atomic mass is 9.98. The molecule has 0 unspecified atom stereocenters. The van der Waals surface area contributed by atoms with E-state index in [0.29, 0.717) is 22.4 Å². The number of carbonyl (C=O) groups excluding carboxylic acids is 1. The van der Waals surface area contributed by atoms with Crippen LogP contribution in [0, 0.1) is 0 Å². The van der Waals surface area contributed by atoms with Gasteiger partial charge < -0.3 is 18.9 Å². The van der Waals surface area contributed by atoms with Crippen LogP contribution in [0.5, 0.6) is 23.0 Å². The Bertz CT molecular complexity index is 836. The number of hydrogen-bond donors (Lipinski definition) is 0. The molecule has 2 aromatic carbocycles. The van der Waals surface area contributed by atoms with Crippen molar-refractivity contribution in [2.45, 2.75) is 6.61 Å². The summed E-state index contributed by atoms with van der Waals surface area (Å²) in [6, 6.07) is 9.93. The third-order valence-corrected chi connectivity index (χ3v) is 3.84. The summed E-state index contributed by atoms with van der Waals surface area (Å²) in [6.07, 6.45) is 1.61. The average Bonchev–Trinajstić information content (AvgIpc) is 2.64. The zero-order valence-corrected chi connectivity index (χ0v) is 14.1. The van der Waals surface area contributed by atoms with Gasteiger partial charge in [-0.2, -0.15) is 8.78 Å². The number of halogens is 2. The van der Waals surface area contributed by atoms with E-state index in [2.05, 4.69) is 4.74 Å². The largest absolute Gasteiger partial charge is 0.493 e. The highest BCUT2D eigenvalue weighted by Gasteiger charge is 2.23. The van der Waals surface area contributed by atoms with Crippen LogP contribution in [0.4, 0.5) is 8.78 Å². The Morgan fingerprint density at radius 3 is 2.38 bits per heavy atom. The Morgan fingerprint density at radius 2 is 1.77 bits per heavy atom. The van der Waals surface area contributed by atoms with Gasteiger partial charge in [-0.15, -0.1) is 0 Å². The van der Waals surface area contributed by atoms with Crippen molar-refractivity contribution in [3.8, 4) is 23.0 Å². The van der Waals surface area contributed by atoms with Crippen LogP contribution in [0.3, 0.4) is 0 Å². The predicted molar refractivity (Wildman–Crippen MR) is 90.4 cm³/mol. The van der Waals surface area contributed by atoms with E-state index in [1.807, 2.05) is 0 Å². The van der Waals surface area contributed by atoms with Crippen molar-refractivity contribution >= 4 is 11.9 Å². The van der Waals surface area contributed by atoms with E-state index in [1.54, 1.807) is 30.3 Å². The van der Waals surface area contributed by atoms with Gasteiger partial charge in [0, 0.05) is 5.57 Å². The highest BCUT2D eigenvalue weighted by Crippen LogP contribution is 2.40. The second-order valence-corrected chi connectivity index (χ2v) is 5.42. The first-order chi connectivity index (χ1) is 12.5. The molecular weight excluding hydrogens is 346 g/mol. The first kappa shape index (κ1) is 17.7. The molecule has 0 fully saturated rings. The van der Waals surface area contributed by atoms with Crippen LogP contribution in [0.15, 0.2) is 42.0 Å². The minimum Gasteiger partial charge on any atom is -0.493 e. The normalized spacial score (nSPS) is 14.8. The first-order valence-electron chi connectivity index (χ1n) is 7.71. The minimum absolute atomic E-state index is 0.0704. The maximum atomic E-state index is 12.6. The molecule has 3 rings (SSSR count). The van der Waals surface area contributed by atoms with Crippen LogP contribution in [0.2, 0.25) is 0 Å². The summed E-state index contributed by atoms with van der Waals surface area (Å²) in [5.41, 5.74) is 1.43. The molecule has 1 aliphatic heterocycles. The zero-order valence-electron chi connectivity index (χ0n) is 14.1. The molecule has 0 N–H and O–H groups in total. The van der Waals surface area contributed by atoms with E-state index in [9.17, 15) is 13.6 Å². The van der Waals surface area contributed by atoms with E-state index < -0.39 is 6.61 Å². The van der Waals surface area contributed by atoms with E-state index in [-0.39, 0.29) is 29.6 Å². The summed E-state index contributed by atoms with van der Waals surface area (Å²) in [5.74, 6) is 0.314. The second kappa shape index (κ2) is 7.43. The lowest BCUT2D eigenvalue weighted by Gasteiger charge is -2.19. The fourth-order valence-electron chi connectivity index (χ4n) is 2.67. The number of methoxy groups -OCH3 is 2. The van der Waals surface area contributed by atoms with Gasteiger partial charge in [-0.3, -0.25) is 4.79 Å². The smallest absolute Gasteiger partial charge is 0.387 e. The van der Waals surface area contributed by atoms with Crippen molar-refractivity contribution in [1.29, 1.82) is 0 Å². The van der Waals surface area contributed by atoms with Gasteiger partial charge in [0.2, 0.25) is 5.75 Å². The van der Waals surface area contributed by atoms with Gasteiger partial charge >= 0.3 is 6.61 Å². The second-order valence-electron chi connectivity index (χ2n) is 5.42. The van der Waals surface area contributed by atoms with Crippen molar-refractivity contribution < 1.29 is 32.5 Å². The van der Waals surface area contributed by atoms with Gasteiger partial charge in [0.1, 0.15) is 12.4 Å². The van der Waals surface area contributed by atoms with E-state index in [1.165, 1.54) is 26.4 Å². The van der Waals surface area contributed by atoms with Crippen LogP contribution < -0.4 is 18.9 Å². The molecule has 1 heterocycles. The van der Waals surface area contributed by atoms with Crippen molar-refractivity contribution in [2.24, 2.45) is 0 Å². The molecule has 0 saturated heterocycles. The van der Waals surface area contributed by atoms with Crippen LogP contribution in [0.1, 0.15) is 15.9 Å². The molecule has 1 aliphatic rings. The highest BCUT2D eigenvalue weighted by molar-refractivity contribution is 6.14. The Kier molecular flexibility index (Phi) is 5.06. The monoisotopic (exact) mass is 362 g/mol. The summed E-state index contributed by atoms with van der Waals surface area (Å²) < 4.78 is 45.5. The number of fused-ring (bicyclic) bond motifs is 1. The maximum Gasteiger partial charge on any atom is 0.387 e. The topological polar surface area (TPSA) is 54.0 Å². The number of Topliss-reactive ketones (excluding diaryl/α,β-unsaturated/α-hetero) is 1.